The monoisotopic (exact) mass is 478 g/mol. The maximum absolute atomic E-state index is 12.5. The van der Waals surface area contributed by atoms with Gasteiger partial charge < -0.3 is 10.1 Å². The molecule has 0 saturated carbocycles. The molecule has 0 saturated heterocycles. The van der Waals surface area contributed by atoms with Crippen LogP contribution in [0.25, 0.3) is 0 Å². The van der Waals surface area contributed by atoms with Crippen LogP contribution in [0.3, 0.4) is 0 Å². The smallest absolute Gasteiger partial charge is 0.245 e. The largest absolute Gasteiger partial charge is 0.489 e. The number of nitrogens with one attached hydrogen (secondary N) is 1. The topological polar surface area (TPSA) is 75.7 Å². The molecule has 6 nitrogen and oxygen atoms in total. The van der Waals surface area contributed by atoms with E-state index in [-0.39, 0.29) is 10.7 Å². The van der Waals surface area contributed by atoms with E-state index in [4.69, 9.17) is 27.9 Å². The van der Waals surface area contributed by atoms with Gasteiger partial charge in [0, 0.05) is 10.7 Å². The van der Waals surface area contributed by atoms with E-state index in [0.29, 0.717) is 23.1 Å². The number of anilines is 2. The first kappa shape index (κ1) is 22.9. The Balaban J connectivity index is 1.65. The molecular formula is C22H20Cl2N2O4S. The molecular weight excluding hydrogens is 459 g/mol. The minimum absolute atomic E-state index is 0.136. The molecule has 1 amide bonds. The van der Waals surface area contributed by atoms with Crippen LogP contribution in [-0.2, 0) is 21.4 Å². The van der Waals surface area contributed by atoms with Crippen LogP contribution in [0.5, 0.6) is 5.75 Å². The van der Waals surface area contributed by atoms with Crippen LogP contribution in [-0.4, -0.2) is 27.1 Å². The van der Waals surface area contributed by atoms with Crippen molar-refractivity contribution < 1.29 is 17.9 Å². The number of ether oxygens (including phenoxy) is 1. The fraction of sp³-hybridized carbons (Fsp3) is 0.136. The normalized spacial score (nSPS) is 11.1. The first-order valence-corrected chi connectivity index (χ1v) is 11.8. The molecule has 3 rings (SSSR count). The molecule has 0 atom stereocenters. The summed E-state index contributed by atoms with van der Waals surface area (Å²) in [6.45, 7) is -0.0264. The van der Waals surface area contributed by atoms with Crippen molar-refractivity contribution in [2.24, 2.45) is 0 Å². The molecule has 0 bridgehead atoms. The van der Waals surface area contributed by atoms with Gasteiger partial charge in [-0.2, -0.15) is 0 Å². The Bertz CT molecular complexity index is 1150. The zero-order valence-electron chi connectivity index (χ0n) is 16.6. The van der Waals surface area contributed by atoms with Crippen LogP contribution in [0.2, 0.25) is 10.0 Å². The molecule has 0 spiro atoms. The molecule has 0 radical (unpaired) electrons. The Morgan fingerprint density at radius 2 is 1.68 bits per heavy atom. The van der Waals surface area contributed by atoms with Gasteiger partial charge in [0.05, 0.1) is 17.0 Å². The molecule has 0 aliphatic carbocycles. The number of carbonyl (C=O) groups excluding carboxylic acids is 1. The highest BCUT2D eigenvalue weighted by atomic mass is 35.5. The van der Waals surface area contributed by atoms with Gasteiger partial charge in [-0.1, -0.05) is 53.5 Å². The quantitative estimate of drug-likeness (QED) is 0.495. The summed E-state index contributed by atoms with van der Waals surface area (Å²) >= 11 is 12.1. The predicted molar refractivity (Wildman–Crippen MR) is 124 cm³/mol. The third-order valence-electron chi connectivity index (χ3n) is 4.25. The van der Waals surface area contributed by atoms with Crippen molar-refractivity contribution in [2.75, 3.05) is 22.4 Å². The zero-order valence-corrected chi connectivity index (χ0v) is 18.9. The summed E-state index contributed by atoms with van der Waals surface area (Å²) in [6.07, 6.45) is 0.996. The van der Waals surface area contributed by atoms with Crippen molar-refractivity contribution in [3.63, 3.8) is 0 Å². The lowest BCUT2D eigenvalue weighted by Crippen LogP contribution is -2.37. The highest BCUT2D eigenvalue weighted by Crippen LogP contribution is 2.30. The third kappa shape index (κ3) is 6.62. The molecule has 31 heavy (non-hydrogen) atoms. The molecule has 9 heteroatoms. The molecule has 0 fully saturated rings. The highest BCUT2D eigenvalue weighted by molar-refractivity contribution is 7.92. The van der Waals surface area contributed by atoms with Crippen LogP contribution in [0.15, 0.2) is 72.8 Å². The van der Waals surface area contributed by atoms with E-state index in [1.807, 2.05) is 30.3 Å². The Kier molecular flexibility index (Phi) is 7.43. The first-order chi connectivity index (χ1) is 14.7. The number of rotatable bonds is 8. The zero-order chi connectivity index (χ0) is 22.4. The number of nitrogens with zero attached hydrogens (tertiary/aromatic N) is 1. The van der Waals surface area contributed by atoms with Crippen LogP contribution in [0, 0.1) is 0 Å². The Morgan fingerprint density at radius 3 is 2.32 bits per heavy atom. The maximum atomic E-state index is 12.5. The van der Waals surface area contributed by atoms with Crippen molar-refractivity contribution in [3.8, 4) is 5.75 Å². The second-order valence-corrected chi connectivity index (χ2v) is 9.46. The summed E-state index contributed by atoms with van der Waals surface area (Å²) in [5, 5.41) is 3.15. The Hall–Kier alpha value is -2.74. The minimum atomic E-state index is -3.78. The Labute approximate surface area is 191 Å². The Morgan fingerprint density at radius 1 is 1.00 bits per heavy atom. The summed E-state index contributed by atoms with van der Waals surface area (Å²) in [4.78, 5) is 12.5. The predicted octanol–water partition coefficient (Wildman–Crippen LogP) is 4.98. The summed E-state index contributed by atoms with van der Waals surface area (Å²) in [7, 11) is -3.78. The fourth-order valence-corrected chi connectivity index (χ4v) is 4.06. The van der Waals surface area contributed by atoms with Crippen LogP contribution < -0.4 is 14.4 Å². The average Bonchev–Trinajstić information content (AvgIpc) is 2.73. The first-order valence-electron chi connectivity index (χ1n) is 9.22. The van der Waals surface area contributed by atoms with E-state index < -0.39 is 22.5 Å². The summed E-state index contributed by atoms with van der Waals surface area (Å²) < 4.78 is 31.1. The molecule has 0 aliphatic rings. The van der Waals surface area contributed by atoms with E-state index in [2.05, 4.69) is 5.32 Å². The number of sulfonamides is 1. The van der Waals surface area contributed by atoms with Gasteiger partial charge in [0.15, 0.2) is 0 Å². The SMILES string of the molecule is CS(=O)(=O)N(CC(=O)Nc1ccc(OCc2ccccc2)cc1)c1cc(Cl)ccc1Cl. The van der Waals surface area contributed by atoms with Gasteiger partial charge in [0.1, 0.15) is 18.9 Å². The van der Waals surface area contributed by atoms with E-state index in [0.717, 1.165) is 16.1 Å². The standard InChI is InChI=1S/C22H20Cl2N2O4S/c1-31(28,29)26(21-13-17(23)7-12-20(21)24)14-22(27)25-18-8-10-19(11-9-18)30-15-16-5-3-2-4-6-16/h2-13H,14-15H2,1H3,(H,25,27). The van der Waals surface area contributed by atoms with Crippen molar-refractivity contribution in [2.45, 2.75) is 6.61 Å². The van der Waals surface area contributed by atoms with Crippen molar-refractivity contribution in [1.82, 2.24) is 0 Å². The third-order valence-corrected chi connectivity index (χ3v) is 5.93. The molecule has 0 heterocycles. The van der Waals surface area contributed by atoms with Gasteiger partial charge in [-0.25, -0.2) is 8.42 Å². The van der Waals surface area contributed by atoms with Crippen LogP contribution >= 0.6 is 23.2 Å². The second kappa shape index (κ2) is 10.0. The number of halogens is 2. The summed E-state index contributed by atoms with van der Waals surface area (Å²) in [5.74, 6) is 0.116. The molecule has 0 unspecified atom stereocenters. The molecule has 0 aliphatic heterocycles. The number of hydrogen-bond donors (Lipinski definition) is 1. The second-order valence-electron chi connectivity index (χ2n) is 6.71. The summed E-state index contributed by atoms with van der Waals surface area (Å²) in [5.41, 5.74) is 1.68. The highest BCUT2D eigenvalue weighted by Gasteiger charge is 2.23. The van der Waals surface area contributed by atoms with E-state index in [1.54, 1.807) is 24.3 Å². The van der Waals surface area contributed by atoms with E-state index in [1.165, 1.54) is 18.2 Å². The average molecular weight is 479 g/mol. The van der Waals surface area contributed by atoms with Crippen molar-refractivity contribution in [3.05, 3.63) is 88.4 Å². The van der Waals surface area contributed by atoms with Gasteiger partial charge in [-0.15, -0.1) is 0 Å². The number of amides is 1. The lowest BCUT2D eigenvalue weighted by atomic mass is 10.2. The maximum Gasteiger partial charge on any atom is 0.245 e. The van der Waals surface area contributed by atoms with Gasteiger partial charge in [-0.3, -0.25) is 9.10 Å². The molecule has 162 valence electrons. The number of carbonyl (C=O) groups is 1. The molecule has 3 aromatic rings. The van der Waals surface area contributed by atoms with E-state index in [9.17, 15) is 13.2 Å². The van der Waals surface area contributed by atoms with Crippen LogP contribution in [0.1, 0.15) is 5.56 Å². The van der Waals surface area contributed by atoms with Gasteiger partial charge in [0.25, 0.3) is 0 Å². The van der Waals surface area contributed by atoms with Crippen molar-refractivity contribution >= 4 is 50.5 Å². The summed E-state index contributed by atoms with van der Waals surface area (Å²) in [6, 6.07) is 21.0. The number of hydrogen-bond acceptors (Lipinski definition) is 4. The van der Waals surface area contributed by atoms with Crippen LogP contribution in [0.4, 0.5) is 11.4 Å². The van der Waals surface area contributed by atoms with E-state index >= 15 is 0 Å². The lowest BCUT2D eigenvalue weighted by molar-refractivity contribution is -0.114. The van der Waals surface area contributed by atoms with Gasteiger partial charge >= 0.3 is 0 Å². The minimum Gasteiger partial charge on any atom is -0.489 e. The molecule has 3 aromatic carbocycles. The number of benzene rings is 3. The molecule has 0 aromatic heterocycles. The fourth-order valence-electron chi connectivity index (χ4n) is 2.76. The van der Waals surface area contributed by atoms with Crippen molar-refractivity contribution in [1.29, 1.82) is 0 Å². The van der Waals surface area contributed by atoms with Gasteiger partial charge in [0.2, 0.25) is 15.9 Å². The van der Waals surface area contributed by atoms with Gasteiger partial charge in [-0.05, 0) is 48.0 Å². The molecule has 1 N–H and O–H groups in total. The lowest BCUT2D eigenvalue weighted by Gasteiger charge is -2.23.